The first-order chi connectivity index (χ1) is 14.0. The molecule has 1 aliphatic rings. The molecule has 2 heterocycles. The topological polar surface area (TPSA) is 95.5 Å². The summed E-state index contributed by atoms with van der Waals surface area (Å²) in [4.78, 5) is 26.6. The van der Waals surface area contributed by atoms with Crippen LogP contribution in [-0.4, -0.2) is 39.2 Å². The van der Waals surface area contributed by atoms with E-state index in [2.05, 4.69) is 10.2 Å². The summed E-state index contributed by atoms with van der Waals surface area (Å²) in [6, 6.07) is 12.2. The Balaban J connectivity index is 1.76. The lowest BCUT2D eigenvalue weighted by Gasteiger charge is -2.31. The molecule has 7 nitrogen and oxygen atoms in total. The number of rotatable bonds is 6. The number of carboxylic acids is 1. The van der Waals surface area contributed by atoms with Gasteiger partial charge in [0, 0.05) is 17.3 Å². The highest BCUT2D eigenvalue weighted by atomic mass is 16.5. The highest BCUT2D eigenvalue weighted by Crippen LogP contribution is 2.43. The van der Waals surface area contributed by atoms with Gasteiger partial charge in [0.2, 0.25) is 0 Å². The van der Waals surface area contributed by atoms with E-state index in [0.717, 1.165) is 22.3 Å². The number of H-pyrrole nitrogens is 1. The van der Waals surface area contributed by atoms with Gasteiger partial charge in [-0.2, -0.15) is 5.10 Å². The minimum atomic E-state index is -0.947. The maximum Gasteiger partial charge on any atom is 0.305 e. The van der Waals surface area contributed by atoms with Crippen molar-refractivity contribution in [1.29, 1.82) is 0 Å². The number of hydrogen-bond acceptors (Lipinski definition) is 4. The average Bonchev–Trinajstić information content (AvgIpc) is 3.35. The molecule has 2 aromatic carbocycles. The van der Waals surface area contributed by atoms with Crippen molar-refractivity contribution in [3.05, 3.63) is 71.5 Å². The van der Waals surface area contributed by atoms with E-state index in [1.165, 1.54) is 0 Å². The van der Waals surface area contributed by atoms with Crippen LogP contribution in [0.25, 0.3) is 11.1 Å². The fourth-order valence-electron chi connectivity index (χ4n) is 3.93. The number of aromatic amines is 1. The molecule has 0 spiro atoms. The monoisotopic (exact) mass is 391 g/mol. The average molecular weight is 391 g/mol. The summed E-state index contributed by atoms with van der Waals surface area (Å²) in [6.07, 6.45) is 3.29. The molecular weight excluding hydrogens is 370 g/mol. The molecule has 0 saturated carbocycles. The molecule has 0 aliphatic carbocycles. The number of benzene rings is 2. The molecule has 0 unspecified atom stereocenters. The molecule has 4 rings (SSSR count). The van der Waals surface area contributed by atoms with Crippen molar-refractivity contribution in [3.63, 3.8) is 0 Å². The van der Waals surface area contributed by atoms with Crippen LogP contribution >= 0.6 is 0 Å². The number of fused-ring (bicyclic) bond motifs is 1. The van der Waals surface area contributed by atoms with E-state index in [4.69, 9.17) is 4.74 Å². The molecule has 0 saturated heterocycles. The lowest BCUT2D eigenvalue weighted by molar-refractivity contribution is -0.138. The van der Waals surface area contributed by atoms with Crippen LogP contribution in [0, 0.1) is 0 Å². The second-order valence-electron chi connectivity index (χ2n) is 7.07. The van der Waals surface area contributed by atoms with Crippen LogP contribution < -0.4 is 4.74 Å². The molecule has 3 aromatic rings. The second-order valence-corrected chi connectivity index (χ2v) is 7.07. The number of aliphatic carboxylic acids is 1. The molecule has 1 aromatic heterocycles. The van der Waals surface area contributed by atoms with Crippen LogP contribution in [0.4, 0.5) is 0 Å². The summed E-state index contributed by atoms with van der Waals surface area (Å²) in [6.45, 7) is 1.91. The third kappa shape index (κ3) is 3.35. The third-order valence-corrected chi connectivity index (χ3v) is 5.41. The number of methoxy groups -OCH3 is 1. The zero-order valence-corrected chi connectivity index (χ0v) is 16.1. The third-order valence-electron chi connectivity index (χ3n) is 5.41. The summed E-state index contributed by atoms with van der Waals surface area (Å²) in [5.41, 5.74) is 3.88. The summed E-state index contributed by atoms with van der Waals surface area (Å²) >= 11 is 0. The van der Waals surface area contributed by atoms with Crippen molar-refractivity contribution in [1.82, 2.24) is 15.1 Å². The van der Waals surface area contributed by atoms with Gasteiger partial charge >= 0.3 is 5.97 Å². The number of amides is 1. The maximum atomic E-state index is 13.4. The Morgan fingerprint density at radius 2 is 2.10 bits per heavy atom. The summed E-state index contributed by atoms with van der Waals surface area (Å²) in [7, 11) is 1.59. The van der Waals surface area contributed by atoms with Crippen LogP contribution in [0.5, 0.6) is 5.75 Å². The van der Waals surface area contributed by atoms with E-state index in [9.17, 15) is 14.7 Å². The van der Waals surface area contributed by atoms with Crippen molar-refractivity contribution < 1.29 is 19.4 Å². The van der Waals surface area contributed by atoms with Crippen molar-refractivity contribution in [2.75, 3.05) is 7.11 Å². The molecule has 7 heteroatoms. The van der Waals surface area contributed by atoms with E-state index in [1.54, 1.807) is 24.4 Å². The number of ether oxygens (including phenoxy) is 1. The van der Waals surface area contributed by atoms with Crippen LogP contribution in [0.15, 0.2) is 54.9 Å². The van der Waals surface area contributed by atoms with E-state index in [1.807, 2.05) is 49.4 Å². The maximum absolute atomic E-state index is 13.4. The fourth-order valence-corrected chi connectivity index (χ4v) is 3.93. The number of carbonyl (C=O) groups is 2. The molecular formula is C22H21N3O4. The van der Waals surface area contributed by atoms with Gasteiger partial charge in [-0.3, -0.25) is 14.7 Å². The lowest BCUT2D eigenvalue weighted by Crippen LogP contribution is -2.32. The van der Waals surface area contributed by atoms with Gasteiger partial charge in [0.05, 0.1) is 31.8 Å². The SMILES string of the molecule is COc1cccc([C@@H](C)N2C(=O)c3cc(-c4cn[nH]c4)ccc3[C@H]2CC(=O)O)c1. The van der Waals surface area contributed by atoms with Crippen molar-refractivity contribution in [2.24, 2.45) is 0 Å². The van der Waals surface area contributed by atoms with E-state index < -0.39 is 12.0 Å². The molecule has 1 aliphatic heterocycles. The van der Waals surface area contributed by atoms with Crippen LogP contribution in [0.2, 0.25) is 0 Å². The Morgan fingerprint density at radius 3 is 2.79 bits per heavy atom. The summed E-state index contributed by atoms with van der Waals surface area (Å²) < 4.78 is 5.30. The Bertz CT molecular complexity index is 1060. The van der Waals surface area contributed by atoms with E-state index >= 15 is 0 Å². The summed E-state index contributed by atoms with van der Waals surface area (Å²) in [5, 5.41) is 16.2. The Hall–Kier alpha value is -3.61. The highest BCUT2D eigenvalue weighted by molar-refractivity contribution is 6.01. The van der Waals surface area contributed by atoms with Gasteiger partial charge in [0.25, 0.3) is 5.91 Å². The minimum absolute atomic E-state index is 0.155. The number of carbonyl (C=O) groups excluding carboxylic acids is 1. The van der Waals surface area contributed by atoms with Gasteiger partial charge in [-0.15, -0.1) is 0 Å². The Morgan fingerprint density at radius 1 is 1.28 bits per heavy atom. The summed E-state index contributed by atoms with van der Waals surface area (Å²) in [5.74, 6) is -0.431. The van der Waals surface area contributed by atoms with Gasteiger partial charge < -0.3 is 14.7 Å². The Kier molecular flexibility index (Phi) is 4.80. The molecule has 1 amide bonds. The Labute approximate surface area is 167 Å². The quantitative estimate of drug-likeness (QED) is 0.666. The first-order valence-corrected chi connectivity index (χ1v) is 9.31. The van der Waals surface area contributed by atoms with E-state index in [-0.39, 0.29) is 18.4 Å². The number of nitrogens with one attached hydrogen (secondary N) is 1. The zero-order chi connectivity index (χ0) is 20.5. The van der Waals surface area contributed by atoms with Crippen molar-refractivity contribution in [2.45, 2.75) is 25.4 Å². The molecule has 0 bridgehead atoms. The number of nitrogens with zero attached hydrogens (tertiary/aromatic N) is 2. The number of aromatic nitrogens is 2. The van der Waals surface area contributed by atoms with E-state index in [0.29, 0.717) is 11.3 Å². The van der Waals surface area contributed by atoms with Gasteiger partial charge in [-0.25, -0.2) is 0 Å². The van der Waals surface area contributed by atoms with Gasteiger partial charge in [-0.05, 0) is 41.8 Å². The van der Waals surface area contributed by atoms with Gasteiger partial charge in [-0.1, -0.05) is 24.3 Å². The normalized spacial score (nSPS) is 16.6. The van der Waals surface area contributed by atoms with Crippen LogP contribution in [0.3, 0.4) is 0 Å². The van der Waals surface area contributed by atoms with Crippen LogP contribution in [-0.2, 0) is 4.79 Å². The second kappa shape index (κ2) is 7.43. The molecule has 2 atom stereocenters. The standard InChI is InChI=1S/C22H21N3O4/c1-13(14-4-3-5-17(8-14)29-2)25-20(10-21(26)27)18-7-6-15(9-19(18)22(25)28)16-11-23-24-12-16/h3-9,11-13,20H,10H2,1-2H3,(H,23,24)(H,26,27)/t13-,20-/m1/s1. The van der Waals surface area contributed by atoms with Crippen LogP contribution in [0.1, 0.15) is 46.9 Å². The predicted octanol–water partition coefficient (Wildman–Crippen LogP) is 3.82. The fraction of sp³-hybridized carbons (Fsp3) is 0.227. The molecule has 2 N–H and O–H groups in total. The first kappa shape index (κ1) is 18.7. The van der Waals surface area contributed by atoms with Crippen molar-refractivity contribution >= 4 is 11.9 Å². The minimum Gasteiger partial charge on any atom is -0.497 e. The van der Waals surface area contributed by atoms with Crippen molar-refractivity contribution in [3.8, 4) is 16.9 Å². The van der Waals surface area contributed by atoms with Gasteiger partial charge in [0.1, 0.15) is 5.75 Å². The molecule has 29 heavy (non-hydrogen) atoms. The molecule has 0 fully saturated rings. The molecule has 148 valence electrons. The molecule has 0 radical (unpaired) electrons. The zero-order valence-electron chi connectivity index (χ0n) is 16.1. The highest BCUT2D eigenvalue weighted by Gasteiger charge is 2.41. The van der Waals surface area contributed by atoms with Gasteiger partial charge in [0.15, 0.2) is 0 Å². The lowest BCUT2D eigenvalue weighted by atomic mass is 9.97. The predicted molar refractivity (Wildman–Crippen MR) is 107 cm³/mol. The first-order valence-electron chi connectivity index (χ1n) is 9.31. The largest absolute Gasteiger partial charge is 0.497 e. The number of hydrogen-bond donors (Lipinski definition) is 2. The number of carboxylic acid groups (broad SMARTS) is 1. The smallest absolute Gasteiger partial charge is 0.305 e.